The van der Waals surface area contributed by atoms with Crippen LogP contribution < -0.4 is 5.32 Å². The van der Waals surface area contributed by atoms with Gasteiger partial charge in [-0.2, -0.15) is 15.8 Å². The molecule has 0 saturated carbocycles. The molecule has 0 aliphatic rings. The zero-order chi connectivity index (χ0) is 13.5. The van der Waals surface area contributed by atoms with E-state index < -0.39 is 0 Å². The number of rotatable bonds is 11. The zero-order valence-corrected chi connectivity index (χ0v) is 10.4. The molecule has 0 heterocycles. The predicted octanol–water partition coefficient (Wildman–Crippen LogP) is 0.719. The van der Waals surface area contributed by atoms with Gasteiger partial charge in [0, 0.05) is 19.5 Å². The van der Waals surface area contributed by atoms with Gasteiger partial charge in [-0.15, -0.1) is 0 Å². The molecule has 0 aromatic heterocycles. The Morgan fingerprint density at radius 2 is 1.61 bits per heavy atom. The fourth-order valence-electron chi connectivity index (χ4n) is 1.18. The van der Waals surface area contributed by atoms with E-state index in [1.165, 1.54) is 0 Å². The fraction of sp³-hybridized carbons (Fsp3) is 0.750. The largest absolute Gasteiger partial charge is 0.378 e. The maximum absolute atomic E-state index is 8.42. The lowest BCUT2D eigenvalue weighted by Gasteiger charge is -2.17. The lowest BCUT2D eigenvalue weighted by Crippen LogP contribution is -2.33. The fourth-order valence-corrected chi connectivity index (χ4v) is 1.18. The molecule has 0 rings (SSSR count). The Hall–Kier alpha value is -1.65. The van der Waals surface area contributed by atoms with Crippen molar-refractivity contribution in [2.24, 2.45) is 0 Å². The maximum atomic E-state index is 8.42. The predicted molar refractivity (Wildman–Crippen MR) is 64.1 cm³/mol. The highest BCUT2D eigenvalue weighted by Crippen LogP contribution is 1.95. The summed E-state index contributed by atoms with van der Waals surface area (Å²) >= 11 is 0. The quantitative estimate of drug-likeness (QED) is 0.542. The van der Waals surface area contributed by atoms with Gasteiger partial charge in [0.05, 0.1) is 57.0 Å². The standard InChI is InChI=1S/C12H18N4O2/c13-4-1-7-16-10-12(18-9-3-6-15)11-17-8-2-5-14/h12,16H,1-3,7-11H2. The van der Waals surface area contributed by atoms with E-state index in [0.29, 0.717) is 52.2 Å². The number of nitrogens with one attached hydrogen (secondary N) is 1. The van der Waals surface area contributed by atoms with Crippen LogP contribution in [0.3, 0.4) is 0 Å². The average molecular weight is 250 g/mol. The van der Waals surface area contributed by atoms with Crippen LogP contribution in [0.15, 0.2) is 0 Å². The summed E-state index contributed by atoms with van der Waals surface area (Å²) in [4.78, 5) is 0. The molecule has 0 fully saturated rings. The van der Waals surface area contributed by atoms with E-state index in [2.05, 4.69) is 5.32 Å². The molecular weight excluding hydrogens is 232 g/mol. The second kappa shape index (κ2) is 13.4. The van der Waals surface area contributed by atoms with Crippen LogP contribution in [0, 0.1) is 34.0 Å². The molecule has 6 nitrogen and oxygen atoms in total. The highest BCUT2D eigenvalue weighted by atomic mass is 16.5. The van der Waals surface area contributed by atoms with Crippen LogP contribution in [0.2, 0.25) is 0 Å². The Morgan fingerprint density at radius 3 is 2.28 bits per heavy atom. The molecule has 6 heteroatoms. The first-order valence-electron chi connectivity index (χ1n) is 5.86. The van der Waals surface area contributed by atoms with Gasteiger partial charge in [-0.3, -0.25) is 0 Å². The third-order valence-corrected chi connectivity index (χ3v) is 2.01. The minimum atomic E-state index is -0.157. The third-order valence-electron chi connectivity index (χ3n) is 2.01. The summed E-state index contributed by atoms with van der Waals surface area (Å²) in [5.41, 5.74) is 0. The van der Waals surface area contributed by atoms with Crippen molar-refractivity contribution in [3.63, 3.8) is 0 Å². The van der Waals surface area contributed by atoms with Crippen molar-refractivity contribution < 1.29 is 9.47 Å². The molecule has 0 amide bonds. The number of hydrogen-bond acceptors (Lipinski definition) is 6. The van der Waals surface area contributed by atoms with Crippen molar-refractivity contribution in [2.45, 2.75) is 25.4 Å². The molecule has 0 spiro atoms. The topological polar surface area (TPSA) is 102 Å². The highest BCUT2D eigenvalue weighted by molar-refractivity contribution is 4.73. The van der Waals surface area contributed by atoms with Gasteiger partial charge in [-0.05, 0) is 0 Å². The van der Waals surface area contributed by atoms with Gasteiger partial charge < -0.3 is 14.8 Å². The van der Waals surface area contributed by atoms with E-state index in [0.717, 1.165) is 0 Å². The van der Waals surface area contributed by atoms with E-state index in [1.54, 1.807) is 0 Å². The summed E-state index contributed by atoms with van der Waals surface area (Å²) in [7, 11) is 0. The van der Waals surface area contributed by atoms with Crippen molar-refractivity contribution in [1.29, 1.82) is 15.8 Å². The molecule has 0 aromatic carbocycles. The third kappa shape index (κ3) is 10.9. The minimum Gasteiger partial charge on any atom is -0.378 e. The van der Waals surface area contributed by atoms with Gasteiger partial charge in [0.2, 0.25) is 0 Å². The molecule has 0 aliphatic carbocycles. The van der Waals surface area contributed by atoms with E-state index >= 15 is 0 Å². The van der Waals surface area contributed by atoms with Gasteiger partial charge in [-0.1, -0.05) is 0 Å². The Kier molecular flexibility index (Phi) is 12.2. The molecule has 1 unspecified atom stereocenters. The van der Waals surface area contributed by atoms with Crippen LogP contribution in [0.5, 0.6) is 0 Å². The Labute approximate surface area is 108 Å². The first-order valence-corrected chi connectivity index (χ1v) is 5.86. The van der Waals surface area contributed by atoms with Crippen molar-refractivity contribution in [3.05, 3.63) is 0 Å². The van der Waals surface area contributed by atoms with Crippen molar-refractivity contribution in [3.8, 4) is 18.2 Å². The van der Waals surface area contributed by atoms with Crippen LogP contribution >= 0.6 is 0 Å². The molecule has 0 aromatic rings. The van der Waals surface area contributed by atoms with Gasteiger partial charge >= 0.3 is 0 Å². The molecule has 0 saturated heterocycles. The lowest BCUT2D eigenvalue weighted by atomic mass is 10.3. The van der Waals surface area contributed by atoms with Gasteiger partial charge in [0.1, 0.15) is 0 Å². The smallest absolute Gasteiger partial charge is 0.0932 e. The maximum Gasteiger partial charge on any atom is 0.0932 e. The van der Waals surface area contributed by atoms with E-state index in [1.807, 2.05) is 18.2 Å². The molecular formula is C12H18N4O2. The van der Waals surface area contributed by atoms with Crippen LogP contribution in [0.25, 0.3) is 0 Å². The van der Waals surface area contributed by atoms with Gasteiger partial charge in [-0.25, -0.2) is 0 Å². The monoisotopic (exact) mass is 250 g/mol. The summed E-state index contributed by atoms with van der Waals surface area (Å²) in [5.74, 6) is 0. The van der Waals surface area contributed by atoms with Crippen LogP contribution in [0.1, 0.15) is 19.3 Å². The molecule has 1 N–H and O–H groups in total. The Bertz CT molecular complexity index is 292. The van der Waals surface area contributed by atoms with Crippen molar-refractivity contribution in [1.82, 2.24) is 5.32 Å². The van der Waals surface area contributed by atoms with E-state index in [4.69, 9.17) is 25.3 Å². The summed E-state index contributed by atoms with van der Waals surface area (Å²) in [6.45, 7) is 2.30. The Balaban J connectivity index is 3.74. The number of nitrogens with zero attached hydrogens (tertiary/aromatic N) is 3. The van der Waals surface area contributed by atoms with Crippen molar-refractivity contribution >= 4 is 0 Å². The number of hydrogen-bond donors (Lipinski definition) is 1. The van der Waals surface area contributed by atoms with Crippen molar-refractivity contribution in [2.75, 3.05) is 32.9 Å². The average Bonchev–Trinajstić information content (AvgIpc) is 2.39. The normalized spacial score (nSPS) is 11.2. The highest BCUT2D eigenvalue weighted by Gasteiger charge is 2.08. The van der Waals surface area contributed by atoms with E-state index in [9.17, 15) is 0 Å². The summed E-state index contributed by atoms with van der Waals surface area (Å²) in [6.07, 6.45) is 0.982. The Morgan fingerprint density at radius 1 is 0.944 bits per heavy atom. The zero-order valence-electron chi connectivity index (χ0n) is 10.4. The number of nitriles is 3. The molecule has 98 valence electrons. The second-order valence-corrected chi connectivity index (χ2v) is 3.50. The number of ether oxygens (including phenoxy) is 2. The molecule has 18 heavy (non-hydrogen) atoms. The summed E-state index contributed by atoms with van der Waals surface area (Å²) in [5, 5.41) is 28.3. The molecule has 1 atom stereocenters. The van der Waals surface area contributed by atoms with E-state index in [-0.39, 0.29) is 6.10 Å². The van der Waals surface area contributed by atoms with Crippen LogP contribution in [0.4, 0.5) is 0 Å². The lowest BCUT2D eigenvalue weighted by molar-refractivity contribution is -0.0121. The summed E-state index contributed by atoms with van der Waals surface area (Å²) < 4.78 is 10.8. The van der Waals surface area contributed by atoms with Gasteiger partial charge in [0.15, 0.2) is 0 Å². The minimum absolute atomic E-state index is 0.157. The van der Waals surface area contributed by atoms with Crippen LogP contribution in [-0.2, 0) is 9.47 Å². The summed E-state index contributed by atoms with van der Waals surface area (Å²) in [6, 6.07) is 6.04. The molecule has 0 aliphatic heterocycles. The SMILES string of the molecule is N#CCCNCC(COCCC#N)OCCC#N. The van der Waals surface area contributed by atoms with Crippen LogP contribution in [-0.4, -0.2) is 39.0 Å². The molecule has 0 radical (unpaired) electrons. The van der Waals surface area contributed by atoms with Gasteiger partial charge in [0.25, 0.3) is 0 Å². The molecule has 0 bridgehead atoms. The first-order chi connectivity index (χ1) is 8.85. The second-order valence-electron chi connectivity index (χ2n) is 3.50. The first kappa shape index (κ1) is 16.4.